The third-order valence-corrected chi connectivity index (χ3v) is 6.26. The lowest BCUT2D eigenvalue weighted by Crippen LogP contribution is -2.31. The smallest absolute Gasteiger partial charge is 0.251 e. The number of rotatable bonds is 6. The van der Waals surface area contributed by atoms with Crippen molar-refractivity contribution in [2.75, 3.05) is 6.54 Å². The largest absolute Gasteiger partial charge is 0.468 e. The van der Waals surface area contributed by atoms with Crippen LogP contribution in [0.1, 0.15) is 21.4 Å². The Morgan fingerprint density at radius 1 is 1.07 bits per heavy atom. The van der Waals surface area contributed by atoms with E-state index in [1.165, 1.54) is 48.7 Å². The molecule has 27 heavy (non-hydrogen) atoms. The second-order valence-electron chi connectivity index (χ2n) is 5.72. The molecule has 0 aliphatic carbocycles. The number of benzene rings is 2. The Labute approximate surface area is 160 Å². The van der Waals surface area contributed by atoms with Gasteiger partial charge < -0.3 is 9.73 Å². The first-order valence-electron chi connectivity index (χ1n) is 7.94. The maximum Gasteiger partial charge on any atom is 0.251 e. The second kappa shape index (κ2) is 7.94. The summed E-state index contributed by atoms with van der Waals surface area (Å²) in [6, 6.07) is 13.8. The molecular formula is C19H15ClFNO4S. The summed E-state index contributed by atoms with van der Waals surface area (Å²) in [4.78, 5) is 12.3. The Morgan fingerprint density at radius 2 is 1.74 bits per heavy atom. The van der Waals surface area contributed by atoms with Crippen molar-refractivity contribution >= 4 is 27.3 Å². The average Bonchev–Trinajstić information content (AvgIpc) is 3.16. The first-order valence-corrected chi connectivity index (χ1v) is 9.87. The van der Waals surface area contributed by atoms with E-state index in [4.69, 9.17) is 16.0 Å². The number of carbonyl (C=O) groups is 1. The van der Waals surface area contributed by atoms with Crippen molar-refractivity contribution < 1.29 is 22.0 Å². The van der Waals surface area contributed by atoms with Crippen molar-refractivity contribution in [2.24, 2.45) is 0 Å². The number of sulfone groups is 1. The van der Waals surface area contributed by atoms with E-state index in [9.17, 15) is 17.6 Å². The molecule has 1 amide bonds. The lowest BCUT2D eigenvalue weighted by atomic mass is 10.2. The van der Waals surface area contributed by atoms with Gasteiger partial charge in [-0.2, -0.15) is 0 Å². The number of furan rings is 1. The van der Waals surface area contributed by atoms with Crippen molar-refractivity contribution in [2.45, 2.75) is 10.1 Å². The zero-order chi connectivity index (χ0) is 19.4. The second-order valence-corrected chi connectivity index (χ2v) is 8.29. The number of hydrogen-bond donors (Lipinski definition) is 1. The molecule has 0 fully saturated rings. The monoisotopic (exact) mass is 407 g/mol. The van der Waals surface area contributed by atoms with E-state index in [1.807, 2.05) is 0 Å². The van der Waals surface area contributed by atoms with Crippen molar-refractivity contribution in [3.05, 3.63) is 89.1 Å². The van der Waals surface area contributed by atoms with Gasteiger partial charge in [-0.1, -0.05) is 11.6 Å². The van der Waals surface area contributed by atoms with Crippen LogP contribution in [0.25, 0.3) is 0 Å². The zero-order valence-corrected chi connectivity index (χ0v) is 15.5. The summed E-state index contributed by atoms with van der Waals surface area (Å²) in [6.45, 7) is -0.214. The zero-order valence-electron chi connectivity index (χ0n) is 13.9. The molecule has 0 radical (unpaired) electrons. The van der Waals surface area contributed by atoms with Gasteiger partial charge in [-0.05, 0) is 60.7 Å². The minimum Gasteiger partial charge on any atom is -0.468 e. The minimum absolute atomic E-state index is 0.0596. The summed E-state index contributed by atoms with van der Waals surface area (Å²) in [5.74, 6) is -0.785. The Morgan fingerprint density at radius 3 is 2.33 bits per heavy atom. The van der Waals surface area contributed by atoms with Crippen LogP contribution in [0, 0.1) is 5.82 Å². The van der Waals surface area contributed by atoms with Crippen LogP contribution in [-0.2, 0) is 9.84 Å². The van der Waals surface area contributed by atoms with Crippen LogP contribution in [0.15, 0.2) is 76.2 Å². The van der Waals surface area contributed by atoms with Crippen LogP contribution in [-0.4, -0.2) is 20.9 Å². The van der Waals surface area contributed by atoms with Crippen molar-refractivity contribution in [3.8, 4) is 0 Å². The van der Waals surface area contributed by atoms with Gasteiger partial charge in [0.05, 0.1) is 11.2 Å². The van der Waals surface area contributed by atoms with E-state index >= 15 is 0 Å². The highest BCUT2D eigenvalue weighted by atomic mass is 35.5. The summed E-state index contributed by atoms with van der Waals surface area (Å²) in [5, 5.41) is 1.85. The van der Waals surface area contributed by atoms with Crippen LogP contribution < -0.4 is 5.32 Å². The molecule has 1 N–H and O–H groups in total. The first kappa shape index (κ1) is 19.1. The molecule has 0 aliphatic heterocycles. The predicted octanol–water partition coefficient (Wildman–Crippen LogP) is 4.02. The molecule has 2 aromatic carbocycles. The molecule has 5 nitrogen and oxygen atoms in total. The molecule has 0 aliphatic rings. The van der Waals surface area contributed by atoms with Gasteiger partial charge in [0.15, 0.2) is 9.84 Å². The maximum atomic E-state index is 13.0. The van der Waals surface area contributed by atoms with Crippen LogP contribution in [0.4, 0.5) is 4.39 Å². The summed E-state index contributed by atoms with van der Waals surface area (Å²) in [6.07, 6.45) is 1.36. The molecule has 0 spiro atoms. The average molecular weight is 408 g/mol. The molecule has 1 atom stereocenters. The van der Waals surface area contributed by atoms with Gasteiger partial charge in [0.2, 0.25) is 0 Å². The Balaban J connectivity index is 1.85. The molecule has 3 aromatic rings. The predicted molar refractivity (Wildman–Crippen MR) is 98.8 cm³/mol. The van der Waals surface area contributed by atoms with E-state index in [2.05, 4.69) is 5.32 Å². The number of carbonyl (C=O) groups excluding carboxylic acids is 1. The highest BCUT2D eigenvalue weighted by Gasteiger charge is 2.32. The van der Waals surface area contributed by atoms with Gasteiger partial charge in [-0.15, -0.1) is 0 Å². The molecular weight excluding hydrogens is 393 g/mol. The molecule has 0 unspecified atom stereocenters. The number of nitrogens with one attached hydrogen (secondary N) is 1. The van der Waals surface area contributed by atoms with Gasteiger partial charge in [0.25, 0.3) is 5.91 Å². The fourth-order valence-electron chi connectivity index (χ4n) is 2.51. The molecule has 0 bridgehead atoms. The number of amides is 1. The van der Waals surface area contributed by atoms with Crippen molar-refractivity contribution in [3.63, 3.8) is 0 Å². The molecule has 3 rings (SSSR count). The Hall–Kier alpha value is -2.64. The van der Waals surface area contributed by atoms with Crippen LogP contribution in [0.2, 0.25) is 5.02 Å². The van der Waals surface area contributed by atoms with Crippen molar-refractivity contribution in [1.29, 1.82) is 0 Å². The van der Waals surface area contributed by atoms with Gasteiger partial charge in [0.1, 0.15) is 16.8 Å². The van der Waals surface area contributed by atoms with E-state index < -0.39 is 26.8 Å². The Kier molecular flexibility index (Phi) is 5.62. The molecule has 0 saturated heterocycles. The van der Waals surface area contributed by atoms with Gasteiger partial charge in [0, 0.05) is 17.1 Å². The topological polar surface area (TPSA) is 76.4 Å². The first-order chi connectivity index (χ1) is 12.9. The quantitative estimate of drug-likeness (QED) is 0.669. The minimum atomic E-state index is -3.85. The van der Waals surface area contributed by atoms with Crippen LogP contribution in [0.5, 0.6) is 0 Å². The molecule has 1 heterocycles. The lowest BCUT2D eigenvalue weighted by molar-refractivity contribution is 0.0953. The van der Waals surface area contributed by atoms with Crippen LogP contribution in [0.3, 0.4) is 0 Å². The fourth-order valence-corrected chi connectivity index (χ4v) is 4.23. The third-order valence-electron chi connectivity index (χ3n) is 3.93. The number of hydrogen-bond acceptors (Lipinski definition) is 4. The summed E-state index contributed by atoms with van der Waals surface area (Å²) in [5.41, 5.74) is 0.221. The highest BCUT2D eigenvalue weighted by molar-refractivity contribution is 7.91. The Bertz CT molecular complexity index is 1020. The highest BCUT2D eigenvalue weighted by Crippen LogP contribution is 2.29. The van der Waals surface area contributed by atoms with E-state index in [0.717, 1.165) is 12.1 Å². The van der Waals surface area contributed by atoms with Crippen LogP contribution >= 0.6 is 11.6 Å². The third kappa shape index (κ3) is 4.37. The normalized spacial score (nSPS) is 12.5. The summed E-state index contributed by atoms with van der Waals surface area (Å²) in [7, 11) is -3.85. The van der Waals surface area contributed by atoms with E-state index in [0.29, 0.717) is 5.02 Å². The van der Waals surface area contributed by atoms with Gasteiger partial charge in [-0.25, -0.2) is 12.8 Å². The molecule has 0 saturated carbocycles. The number of halogens is 2. The molecule has 1 aromatic heterocycles. The fraction of sp³-hybridized carbons (Fsp3) is 0.105. The van der Waals surface area contributed by atoms with Crippen molar-refractivity contribution in [1.82, 2.24) is 5.32 Å². The maximum absolute atomic E-state index is 13.0. The summed E-state index contributed by atoms with van der Waals surface area (Å²) >= 11 is 5.83. The molecule has 8 heteroatoms. The van der Waals surface area contributed by atoms with Gasteiger partial charge in [-0.3, -0.25) is 4.79 Å². The van der Waals surface area contributed by atoms with E-state index in [-0.39, 0.29) is 22.8 Å². The standard InChI is InChI=1S/C19H15ClFNO4S/c20-14-5-9-16(10-6-14)27(24,25)18(17-2-1-11-26-17)12-22-19(23)13-3-7-15(21)8-4-13/h1-11,18H,12H2,(H,22,23)/t18-/m1/s1. The SMILES string of the molecule is O=C(NC[C@H](c1ccco1)S(=O)(=O)c1ccc(Cl)cc1)c1ccc(F)cc1. The summed E-state index contributed by atoms with van der Waals surface area (Å²) < 4.78 is 44.3. The lowest BCUT2D eigenvalue weighted by Gasteiger charge is -2.17. The van der Waals surface area contributed by atoms with E-state index in [1.54, 1.807) is 6.07 Å². The molecule has 140 valence electrons. The van der Waals surface area contributed by atoms with Gasteiger partial charge >= 0.3 is 0 Å².